The summed E-state index contributed by atoms with van der Waals surface area (Å²) in [5.74, 6) is 0. The van der Waals surface area contributed by atoms with Gasteiger partial charge in [0.2, 0.25) is 0 Å². The Morgan fingerprint density at radius 1 is 0.571 bits per heavy atom. The number of fused-ring (bicyclic) bond motifs is 5. The summed E-state index contributed by atoms with van der Waals surface area (Å²) < 4.78 is 0. The van der Waals surface area contributed by atoms with Crippen LogP contribution in [0.5, 0.6) is 0 Å². The highest BCUT2D eigenvalue weighted by molar-refractivity contribution is 6.23. The summed E-state index contributed by atoms with van der Waals surface area (Å²) in [6.07, 6.45) is 0. The molecule has 4 aromatic carbocycles. The minimum Gasteiger partial charge on any atom is -0.0616 e. The first-order valence-corrected chi connectivity index (χ1v) is 7.39. The lowest BCUT2D eigenvalue weighted by atomic mass is 9.94. The molecule has 0 N–H and O–H groups in total. The van der Waals surface area contributed by atoms with E-state index < -0.39 is 0 Å². The van der Waals surface area contributed by atoms with E-state index in [0.29, 0.717) is 0 Å². The molecular weight excluding hydrogens is 252 g/mol. The van der Waals surface area contributed by atoms with Crippen LogP contribution >= 0.6 is 0 Å². The highest BCUT2D eigenvalue weighted by Gasteiger charge is 2.22. The normalized spacial score (nSPS) is 12.0. The highest BCUT2D eigenvalue weighted by Crippen LogP contribution is 2.49. The highest BCUT2D eigenvalue weighted by atomic mass is 14.2. The standard InChI is InChI=1S/C21H14/c1-13-6-4-7-14-12-19-16-9-3-2-8-15(16)17-10-5-11-18(20(13)14)21(17)19/h2-12H,1H3. The van der Waals surface area contributed by atoms with Crippen LogP contribution in [-0.2, 0) is 0 Å². The first-order valence-electron chi connectivity index (χ1n) is 7.39. The van der Waals surface area contributed by atoms with Crippen LogP contribution in [0.4, 0.5) is 0 Å². The van der Waals surface area contributed by atoms with Crippen LogP contribution in [0.3, 0.4) is 0 Å². The lowest BCUT2D eigenvalue weighted by Crippen LogP contribution is -1.83. The van der Waals surface area contributed by atoms with E-state index in [9.17, 15) is 0 Å². The van der Waals surface area contributed by atoms with Crippen LogP contribution in [0, 0.1) is 6.92 Å². The number of rotatable bonds is 0. The Morgan fingerprint density at radius 3 is 2.14 bits per heavy atom. The van der Waals surface area contributed by atoms with E-state index in [-0.39, 0.29) is 0 Å². The third-order valence-corrected chi connectivity index (χ3v) is 4.72. The predicted octanol–water partition coefficient (Wildman–Crippen LogP) is 5.95. The second-order valence-electron chi connectivity index (χ2n) is 5.87. The first-order chi connectivity index (χ1) is 10.3. The fourth-order valence-electron chi connectivity index (χ4n) is 3.85. The number of hydrogen-bond acceptors (Lipinski definition) is 0. The molecular formula is C21H14. The Kier molecular flexibility index (Phi) is 1.97. The van der Waals surface area contributed by atoms with Crippen LogP contribution in [0.25, 0.3) is 43.8 Å². The maximum Gasteiger partial charge on any atom is -0.00198 e. The van der Waals surface area contributed by atoms with Crippen molar-refractivity contribution in [3.05, 3.63) is 72.3 Å². The third kappa shape index (κ3) is 1.30. The van der Waals surface area contributed by atoms with Crippen molar-refractivity contribution in [1.82, 2.24) is 0 Å². The SMILES string of the molecule is Cc1cccc2cc3c4c(cccc4c12)-c1ccccc1-3. The fraction of sp³-hybridized carbons (Fsp3) is 0.0476. The van der Waals surface area contributed by atoms with E-state index in [2.05, 4.69) is 73.7 Å². The van der Waals surface area contributed by atoms with Gasteiger partial charge >= 0.3 is 0 Å². The Hall–Kier alpha value is -2.60. The number of hydrogen-bond donors (Lipinski definition) is 0. The molecule has 21 heavy (non-hydrogen) atoms. The maximum atomic E-state index is 2.36. The van der Waals surface area contributed by atoms with Crippen molar-refractivity contribution < 1.29 is 0 Å². The summed E-state index contributed by atoms with van der Waals surface area (Å²) in [5.41, 5.74) is 6.85. The van der Waals surface area contributed by atoms with Crippen LogP contribution in [0.1, 0.15) is 5.56 Å². The van der Waals surface area contributed by atoms with Crippen molar-refractivity contribution in [3.8, 4) is 22.3 Å². The van der Waals surface area contributed by atoms with E-state index in [1.165, 1.54) is 49.4 Å². The number of benzene rings is 4. The molecule has 0 saturated heterocycles. The third-order valence-electron chi connectivity index (χ3n) is 4.72. The molecule has 1 aliphatic carbocycles. The quantitative estimate of drug-likeness (QED) is 0.304. The summed E-state index contributed by atoms with van der Waals surface area (Å²) >= 11 is 0. The Bertz CT molecular complexity index is 1040. The van der Waals surface area contributed by atoms with Crippen LogP contribution < -0.4 is 0 Å². The minimum absolute atomic E-state index is 1.34. The maximum absolute atomic E-state index is 2.36. The Labute approximate surface area is 123 Å². The largest absolute Gasteiger partial charge is 0.0616 e. The minimum atomic E-state index is 1.34. The molecule has 1 aliphatic rings. The second kappa shape index (κ2) is 3.73. The van der Waals surface area contributed by atoms with E-state index in [1.807, 2.05) is 0 Å². The van der Waals surface area contributed by atoms with Crippen molar-refractivity contribution >= 4 is 21.5 Å². The zero-order valence-corrected chi connectivity index (χ0v) is 11.9. The smallest absolute Gasteiger partial charge is 0.00198 e. The molecule has 98 valence electrons. The fourth-order valence-corrected chi connectivity index (χ4v) is 3.85. The van der Waals surface area contributed by atoms with E-state index in [4.69, 9.17) is 0 Å². The summed E-state index contributed by atoms with van der Waals surface area (Å²) in [6.45, 7) is 2.21. The van der Waals surface area contributed by atoms with Gasteiger partial charge in [0.1, 0.15) is 0 Å². The Morgan fingerprint density at radius 2 is 1.29 bits per heavy atom. The summed E-state index contributed by atoms with van der Waals surface area (Å²) in [7, 11) is 0. The Balaban J connectivity index is 2.12. The van der Waals surface area contributed by atoms with Gasteiger partial charge in [0, 0.05) is 0 Å². The van der Waals surface area contributed by atoms with Gasteiger partial charge in [-0.15, -0.1) is 0 Å². The van der Waals surface area contributed by atoms with Crippen molar-refractivity contribution in [2.24, 2.45) is 0 Å². The summed E-state index contributed by atoms with van der Waals surface area (Å²) in [4.78, 5) is 0. The van der Waals surface area contributed by atoms with Gasteiger partial charge in [-0.25, -0.2) is 0 Å². The molecule has 0 fully saturated rings. The first kappa shape index (κ1) is 11.1. The molecule has 0 unspecified atom stereocenters. The summed E-state index contributed by atoms with van der Waals surface area (Å²) in [6, 6.07) is 24.4. The van der Waals surface area contributed by atoms with Gasteiger partial charge in [-0.05, 0) is 62.4 Å². The molecule has 0 heterocycles. The molecule has 0 atom stereocenters. The van der Waals surface area contributed by atoms with Gasteiger partial charge in [0.05, 0.1) is 0 Å². The van der Waals surface area contributed by atoms with Crippen molar-refractivity contribution in [2.75, 3.05) is 0 Å². The molecule has 4 aromatic rings. The van der Waals surface area contributed by atoms with E-state index in [0.717, 1.165) is 0 Å². The van der Waals surface area contributed by atoms with Gasteiger partial charge in [0.25, 0.3) is 0 Å². The molecule has 0 spiro atoms. The average molecular weight is 266 g/mol. The van der Waals surface area contributed by atoms with Crippen LogP contribution in [0.15, 0.2) is 66.7 Å². The monoisotopic (exact) mass is 266 g/mol. The van der Waals surface area contributed by atoms with Gasteiger partial charge in [0.15, 0.2) is 0 Å². The van der Waals surface area contributed by atoms with Crippen LogP contribution in [0.2, 0.25) is 0 Å². The van der Waals surface area contributed by atoms with Gasteiger partial charge in [-0.3, -0.25) is 0 Å². The molecule has 0 nitrogen and oxygen atoms in total. The molecule has 0 aromatic heterocycles. The van der Waals surface area contributed by atoms with E-state index in [1.54, 1.807) is 0 Å². The molecule has 0 radical (unpaired) electrons. The molecule has 5 rings (SSSR count). The lowest BCUT2D eigenvalue weighted by Gasteiger charge is -2.09. The van der Waals surface area contributed by atoms with Crippen LogP contribution in [-0.4, -0.2) is 0 Å². The number of aryl methyl sites for hydroxylation is 1. The molecule has 0 heteroatoms. The predicted molar refractivity (Wildman–Crippen MR) is 90.6 cm³/mol. The van der Waals surface area contributed by atoms with Gasteiger partial charge in [-0.2, -0.15) is 0 Å². The molecule has 0 bridgehead atoms. The second-order valence-corrected chi connectivity index (χ2v) is 5.87. The van der Waals surface area contributed by atoms with Gasteiger partial charge < -0.3 is 0 Å². The summed E-state index contributed by atoms with van der Waals surface area (Å²) in [5, 5.41) is 5.53. The van der Waals surface area contributed by atoms with Gasteiger partial charge in [-0.1, -0.05) is 60.7 Å². The topological polar surface area (TPSA) is 0 Å². The average Bonchev–Trinajstić information content (AvgIpc) is 2.84. The zero-order valence-electron chi connectivity index (χ0n) is 11.9. The van der Waals surface area contributed by atoms with E-state index >= 15 is 0 Å². The van der Waals surface area contributed by atoms with Crippen molar-refractivity contribution in [3.63, 3.8) is 0 Å². The zero-order chi connectivity index (χ0) is 14.0. The molecule has 0 saturated carbocycles. The lowest BCUT2D eigenvalue weighted by molar-refractivity contribution is 1.54. The molecule has 0 aliphatic heterocycles. The van der Waals surface area contributed by atoms with Crippen molar-refractivity contribution in [2.45, 2.75) is 6.92 Å². The molecule has 0 amide bonds. The van der Waals surface area contributed by atoms with Crippen molar-refractivity contribution in [1.29, 1.82) is 0 Å².